The molecule has 2 unspecified atom stereocenters. The molecule has 1 aromatic carbocycles. The topological polar surface area (TPSA) is 43.7 Å². The molecule has 0 bridgehead atoms. The van der Waals surface area contributed by atoms with Gasteiger partial charge < -0.3 is 10.2 Å². The summed E-state index contributed by atoms with van der Waals surface area (Å²) in [6.07, 6.45) is 2.31. The molecule has 1 aliphatic rings. The standard InChI is InChI=1S/C14H20ClNO2/c15-13-6-2-1-5-12(13)14(18)7-9-16-8-3-4-11(16)10-17/h1-2,5-6,11,14,17-18H,3-4,7-10H2. The first-order valence-corrected chi connectivity index (χ1v) is 6.87. The van der Waals surface area contributed by atoms with Gasteiger partial charge in [0, 0.05) is 17.6 Å². The van der Waals surface area contributed by atoms with Crippen molar-refractivity contribution in [1.82, 2.24) is 4.90 Å². The van der Waals surface area contributed by atoms with Crippen LogP contribution in [0.5, 0.6) is 0 Å². The molecular formula is C14H20ClNO2. The highest BCUT2D eigenvalue weighted by Crippen LogP contribution is 2.26. The lowest BCUT2D eigenvalue weighted by Gasteiger charge is -2.24. The van der Waals surface area contributed by atoms with Crippen molar-refractivity contribution in [3.8, 4) is 0 Å². The maximum absolute atomic E-state index is 10.1. The Labute approximate surface area is 113 Å². The number of nitrogens with zero attached hydrogens (tertiary/aromatic N) is 1. The van der Waals surface area contributed by atoms with Gasteiger partial charge in [-0.25, -0.2) is 0 Å². The highest BCUT2D eigenvalue weighted by atomic mass is 35.5. The SMILES string of the molecule is OCC1CCCN1CCC(O)c1ccccc1Cl. The summed E-state index contributed by atoms with van der Waals surface area (Å²) in [7, 11) is 0. The third-order valence-electron chi connectivity index (χ3n) is 3.66. The zero-order valence-electron chi connectivity index (χ0n) is 10.4. The molecule has 2 rings (SSSR count). The minimum Gasteiger partial charge on any atom is -0.395 e. The molecule has 1 saturated heterocycles. The first-order valence-electron chi connectivity index (χ1n) is 6.49. The third-order valence-corrected chi connectivity index (χ3v) is 4.01. The van der Waals surface area contributed by atoms with Crippen LogP contribution >= 0.6 is 11.6 Å². The summed E-state index contributed by atoms with van der Waals surface area (Å²) in [6, 6.07) is 7.67. The smallest absolute Gasteiger partial charge is 0.0816 e. The summed E-state index contributed by atoms with van der Waals surface area (Å²) in [5.41, 5.74) is 0.791. The second-order valence-electron chi connectivity index (χ2n) is 4.84. The molecule has 0 radical (unpaired) electrons. The Kier molecular flexibility index (Phi) is 5.01. The van der Waals surface area contributed by atoms with E-state index in [1.807, 2.05) is 18.2 Å². The number of aliphatic hydroxyl groups is 2. The van der Waals surface area contributed by atoms with E-state index in [1.165, 1.54) is 0 Å². The number of aliphatic hydroxyl groups excluding tert-OH is 2. The largest absolute Gasteiger partial charge is 0.395 e. The van der Waals surface area contributed by atoms with Crippen LogP contribution in [0.1, 0.15) is 30.9 Å². The molecule has 0 amide bonds. The Morgan fingerprint density at radius 2 is 2.17 bits per heavy atom. The van der Waals surface area contributed by atoms with E-state index in [9.17, 15) is 10.2 Å². The van der Waals surface area contributed by atoms with Crippen LogP contribution in [0.4, 0.5) is 0 Å². The molecule has 1 fully saturated rings. The maximum Gasteiger partial charge on any atom is 0.0816 e. The first-order chi connectivity index (χ1) is 8.72. The Morgan fingerprint density at radius 1 is 1.39 bits per heavy atom. The zero-order chi connectivity index (χ0) is 13.0. The minimum atomic E-state index is -0.529. The van der Waals surface area contributed by atoms with Gasteiger partial charge in [0.05, 0.1) is 12.7 Å². The lowest BCUT2D eigenvalue weighted by Crippen LogP contribution is -2.33. The summed E-state index contributed by atoms with van der Waals surface area (Å²) < 4.78 is 0. The molecule has 0 saturated carbocycles. The quantitative estimate of drug-likeness (QED) is 0.862. The molecule has 3 nitrogen and oxygen atoms in total. The molecule has 0 aliphatic carbocycles. The van der Waals surface area contributed by atoms with Crippen molar-refractivity contribution >= 4 is 11.6 Å². The van der Waals surface area contributed by atoms with Gasteiger partial charge in [-0.05, 0) is 37.4 Å². The number of likely N-dealkylation sites (tertiary alicyclic amines) is 1. The molecule has 1 aliphatic heterocycles. The van der Waals surface area contributed by atoms with Crippen molar-refractivity contribution in [1.29, 1.82) is 0 Å². The monoisotopic (exact) mass is 269 g/mol. The fourth-order valence-electron chi connectivity index (χ4n) is 2.59. The van der Waals surface area contributed by atoms with Gasteiger partial charge in [0.25, 0.3) is 0 Å². The van der Waals surface area contributed by atoms with Crippen LogP contribution in [0.2, 0.25) is 5.02 Å². The van der Waals surface area contributed by atoms with Crippen molar-refractivity contribution in [2.24, 2.45) is 0 Å². The number of benzene rings is 1. The fraction of sp³-hybridized carbons (Fsp3) is 0.571. The molecule has 1 heterocycles. The molecule has 2 atom stereocenters. The minimum absolute atomic E-state index is 0.211. The van der Waals surface area contributed by atoms with Gasteiger partial charge in [-0.2, -0.15) is 0 Å². The van der Waals surface area contributed by atoms with Gasteiger partial charge in [-0.1, -0.05) is 29.8 Å². The van der Waals surface area contributed by atoms with Crippen LogP contribution in [-0.2, 0) is 0 Å². The predicted octanol–water partition coefficient (Wildman–Crippen LogP) is 2.22. The first kappa shape index (κ1) is 13.8. The molecule has 0 aromatic heterocycles. The van der Waals surface area contributed by atoms with E-state index in [-0.39, 0.29) is 12.6 Å². The fourth-order valence-corrected chi connectivity index (χ4v) is 2.85. The van der Waals surface area contributed by atoms with Crippen molar-refractivity contribution in [3.05, 3.63) is 34.9 Å². The lowest BCUT2D eigenvalue weighted by molar-refractivity contribution is 0.117. The number of hydrogen-bond donors (Lipinski definition) is 2. The average molecular weight is 270 g/mol. The molecule has 2 N–H and O–H groups in total. The predicted molar refractivity (Wildman–Crippen MR) is 72.7 cm³/mol. The molecule has 100 valence electrons. The lowest BCUT2D eigenvalue weighted by atomic mass is 10.1. The summed E-state index contributed by atoms with van der Waals surface area (Å²) in [4.78, 5) is 2.25. The van der Waals surface area contributed by atoms with Crippen LogP contribution in [-0.4, -0.2) is 40.9 Å². The van der Waals surface area contributed by atoms with Crippen molar-refractivity contribution in [2.45, 2.75) is 31.4 Å². The Balaban J connectivity index is 1.88. The van der Waals surface area contributed by atoms with Gasteiger partial charge in [-0.15, -0.1) is 0 Å². The van der Waals surface area contributed by atoms with Crippen LogP contribution in [0.15, 0.2) is 24.3 Å². The Morgan fingerprint density at radius 3 is 2.89 bits per heavy atom. The van der Waals surface area contributed by atoms with E-state index in [0.29, 0.717) is 11.4 Å². The molecule has 18 heavy (non-hydrogen) atoms. The van der Waals surface area contributed by atoms with Gasteiger partial charge >= 0.3 is 0 Å². The van der Waals surface area contributed by atoms with Crippen LogP contribution in [0.25, 0.3) is 0 Å². The maximum atomic E-state index is 10.1. The van der Waals surface area contributed by atoms with Gasteiger partial charge in [0.15, 0.2) is 0 Å². The Bertz CT molecular complexity index is 386. The summed E-state index contributed by atoms with van der Waals surface area (Å²) in [6.45, 7) is 2.03. The van der Waals surface area contributed by atoms with E-state index < -0.39 is 6.10 Å². The van der Waals surface area contributed by atoms with Crippen LogP contribution < -0.4 is 0 Å². The van der Waals surface area contributed by atoms with Crippen molar-refractivity contribution in [3.63, 3.8) is 0 Å². The number of rotatable bonds is 5. The second-order valence-corrected chi connectivity index (χ2v) is 5.25. The summed E-state index contributed by atoms with van der Waals surface area (Å²) in [5, 5.41) is 20.0. The second kappa shape index (κ2) is 6.53. The summed E-state index contributed by atoms with van der Waals surface area (Å²) >= 11 is 6.06. The highest BCUT2D eigenvalue weighted by Gasteiger charge is 2.24. The normalized spacial score (nSPS) is 22.3. The van der Waals surface area contributed by atoms with E-state index in [4.69, 9.17) is 11.6 Å². The highest BCUT2D eigenvalue weighted by molar-refractivity contribution is 6.31. The average Bonchev–Trinajstić information content (AvgIpc) is 2.84. The van der Waals surface area contributed by atoms with E-state index in [2.05, 4.69) is 4.90 Å². The van der Waals surface area contributed by atoms with Crippen LogP contribution in [0.3, 0.4) is 0 Å². The molecule has 1 aromatic rings. The van der Waals surface area contributed by atoms with E-state index in [0.717, 1.165) is 31.5 Å². The third kappa shape index (κ3) is 3.23. The van der Waals surface area contributed by atoms with E-state index in [1.54, 1.807) is 6.07 Å². The molecule has 4 heteroatoms. The van der Waals surface area contributed by atoms with Gasteiger partial charge in [0.1, 0.15) is 0 Å². The number of halogens is 1. The van der Waals surface area contributed by atoms with E-state index >= 15 is 0 Å². The van der Waals surface area contributed by atoms with Crippen molar-refractivity contribution < 1.29 is 10.2 Å². The van der Waals surface area contributed by atoms with Crippen LogP contribution in [0, 0.1) is 0 Å². The molecular weight excluding hydrogens is 250 g/mol. The number of hydrogen-bond acceptors (Lipinski definition) is 3. The zero-order valence-corrected chi connectivity index (χ0v) is 11.2. The summed E-state index contributed by atoms with van der Waals surface area (Å²) in [5.74, 6) is 0. The Hall–Kier alpha value is -0.610. The van der Waals surface area contributed by atoms with Gasteiger partial charge in [-0.3, -0.25) is 4.90 Å². The molecule has 0 spiro atoms. The van der Waals surface area contributed by atoms with Gasteiger partial charge in [0.2, 0.25) is 0 Å². The van der Waals surface area contributed by atoms with Crippen molar-refractivity contribution in [2.75, 3.05) is 19.7 Å².